The van der Waals surface area contributed by atoms with Crippen LogP contribution in [-0.4, -0.2) is 11.1 Å². The van der Waals surface area contributed by atoms with Gasteiger partial charge in [0.25, 0.3) is 0 Å². The third-order valence-corrected chi connectivity index (χ3v) is 2.78. The van der Waals surface area contributed by atoms with Crippen molar-refractivity contribution in [3.8, 4) is 0 Å². The average Bonchev–Trinajstić information content (AvgIpc) is 2.31. The number of benzene rings is 1. The van der Waals surface area contributed by atoms with E-state index in [0.29, 0.717) is 6.04 Å². The lowest BCUT2D eigenvalue weighted by Gasteiger charge is -2.23. The highest BCUT2D eigenvalue weighted by Gasteiger charge is 2.14. The van der Waals surface area contributed by atoms with E-state index in [-0.39, 0.29) is 0 Å². The van der Waals surface area contributed by atoms with Gasteiger partial charge in [-0.15, -0.1) is 0 Å². The molecule has 0 heterocycles. The Morgan fingerprint density at radius 3 is 2.67 bits per heavy atom. The highest BCUT2D eigenvalue weighted by atomic mass is 16.3. The van der Waals surface area contributed by atoms with E-state index in [0.717, 1.165) is 24.8 Å². The number of rotatable bonds is 3. The number of hydrogen-bond donors (Lipinski definition) is 2. The first-order valence-electron chi connectivity index (χ1n) is 5.50. The number of aliphatic hydroxyl groups excluding tert-OH is 1. The van der Waals surface area contributed by atoms with Crippen LogP contribution in [0.2, 0.25) is 0 Å². The molecule has 2 atom stereocenters. The second-order valence-electron chi connectivity index (χ2n) is 3.96. The van der Waals surface area contributed by atoms with E-state index in [1.807, 2.05) is 30.3 Å². The minimum absolute atomic E-state index is 0.408. The van der Waals surface area contributed by atoms with Crippen LogP contribution in [0.3, 0.4) is 0 Å². The average molecular weight is 203 g/mol. The summed E-state index contributed by atoms with van der Waals surface area (Å²) >= 11 is 0. The molecule has 2 nitrogen and oxygen atoms in total. The van der Waals surface area contributed by atoms with Crippen molar-refractivity contribution in [3.63, 3.8) is 0 Å². The van der Waals surface area contributed by atoms with Gasteiger partial charge in [0.15, 0.2) is 0 Å². The molecule has 2 unspecified atom stereocenters. The SMILES string of the molecule is OC(NC1CC=CCC1)c1ccccc1. The van der Waals surface area contributed by atoms with Crippen molar-refractivity contribution < 1.29 is 5.11 Å². The standard InChI is InChI=1S/C13H17NO/c15-13(11-7-3-1-4-8-11)14-12-9-5-2-6-10-12/h1-5,7-8,12-15H,6,9-10H2. The summed E-state index contributed by atoms with van der Waals surface area (Å²) in [7, 11) is 0. The van der Waals surface area contributed by atoms with Crippen LogP contribution < -0.4 is 5.32 Å². The zero-order chi connectivity index (χ0) is 10.5. The largest absolute Gasteiger partial charge is 0.374 e. The molecule has 0 saturated carbocycles. The van der Waals surface area contributed by atoms with E-state index in [9.17, 15) is 5.11 Å². The first kappa shape index (κ1) is 10.4. The van der Waals surface area contributed by atoms with Crippen molar-refractivity contribution in [2.24, 2.45) is 0 Å². The molecule has 0 radical (unpaired) electrons. The summed E-state index contributed by atoms with van der Waals surface area (Å²) in [6, 6.07) is 10.1. The highest BCUT2D eigenvalue weighted by molar-refractivity contribution is 5.17. The first-order chi connectivity index (χ1) is 7.36. The van der Waals surface area contributed by atoms with Gasteiger partial charge in [0.2, 0.25) is 0 Å². The molecule has 0 aliphatic heterocycles. The molecule has 1 aromatic carbocycles. The fourth-order valence-electron chi connectivity index (χ4n) is 1.90. The van der Waals surface area contributed by atoms with Gasteiger partial charge in [-0.1, -0.05) is 42.5 Å². The molecule has 2 rings (SSSR count). The van der Waals surface area contributed by atoms with Crippen LogP contribution in [0.25, 0.3) is 0 Å². The van der Waals surface area contributed by atoms with Crippen molar-refractivity contribution in [2.75, 3.05) is 0 Å². The maximum Gasteiger partial charge on any atom is 0.131 e. The Balaban J connectivity index is 1.92. The van der Waals surface area contributed by atoms with Gasteiger partial charge in [-0.3, -0.25) is 5.32 Å². The van der Waals surface area contributed by atoms with Gasteiger partial charge in [-0.25, -0.2) is 0 Å². The van der Waals surface area contributed by atoms with Gasteiger partial charge < -0.3 is 5.11 Å². The fraction of sp³-hybridized carbons (Fsp3) is 0.385. The Morgan fingerprint density at radius 2 is 2.00 bits per heavy atom. The van der Waals surface area contributed by atoms with Crippen molar-refractivity contribution in [3.05, 3.63) is 48.0 Å². The molecule has 1 aromatic rings. The van der Waals surface area contributed by atoms with Gasteiger partial charge in [-0.05, 0) is 24.8 Å². The summed E-state index contributed by atoms with van der Waals surface area (Å²) in [5.41, 5.74) is 0.937. The summed E-state index contributed by atoms with van der Waals surface area (Å²) in [4.78, 5) is 0. The summed E-state index contributed by atoms with van der Waals surface area (Å²) in [5, 5.41) is 13.2. The molecule has 0 amide bonds. The van der Waals surface area contributed by atoms with E-state index in [1.165, 1.54) is 0 Å². The molecular formula is C13H17NO. The third kappa shape index (κ3) is 2.91. The van der Waals surface area contributed by atoms with Crippen LogP contribution in [0.5, 0.6) is 0 Å². The lowest BCUT2D eigenvalue weighted by atomic mass is 10.0. The molecule has 2 N–H and O–H groups in total. The summed E-state index contributed by atoms with van der Waals surface area (Å²) in [5.74, 6) is 0. The Hall–Kier alpha value is -1.12. The Morgan fingerprint density at radius 1 is 1.20 bits per heavy atom. The lowest BCUT2D eigenvalue weighted by molar-refractivity contribution is 0.121. The van der Waals surface area contributed by atoms with Crippen LogP contribution in [0, 0.1) is 0 Å². The predicted octanol–water partition coefficient (Wildman–Crippen LogP) is 2.38. The van der Waals surface area contributed by atoms with Crippen molar-refractivity contribution in [1.29, 1.82) is 0 Å². The number of hydrogen-bond acceptors (Lipinski definition) is 2. The Bertz CT molecular complexity index is 321. The van der Waals surface area contributed by atoms with Crippen LogP contribution in [-0.2, 0) is 0 Å². The van der Waals surface area contributed by atoms with Crippen LogP contribution in [0.15, 0.2) is 42.5 Å². The Kier molecular flexibility index (Phi) is 3.54. The van der Waals surface area contributed by atoms with Crippen molar-refractivity contribution in [1.82, 2.24) is 5.32 Å². The van der Waals surface area contributed by atoms with Gasteiger partial charge in [-0.2, -0.15) is 0 Å². The summed E-state index contributed by atoms with van der Waals surface area (Å²) in [6.07, 6.45) is 7.08. The van der Waals surface area contributed by atoms with Crippen LogP contribution in [0.1, 0.15) is 31.1 Å². The first-order valence-corrected chi connectivity index (χ1v) is 5.50. The summed E-state index contributed by atoms with van der Waals surface area (Å²) in [6.45, 7) is 0. The normalized spacial score (nSPS) is 22.6. The van der Waals surface area contributed by atoms with Gasteiger partial charge in [0.1, 0.15) is 6.23 Å². The van der Waals surface area contributed by atoms with E-state index in [2.05, 4.69) is 17.5 Å². The number of nitrogens with one attached hydrogen (secondary N) is 1. The molecule has 15 heavy (non-hydrogen) atoms. The maximum absolute atomic E-state index is 9.94. The second-order valence-corrected chi connectivity index (χ2v) is 3.96. The minimum atomic E-state index is -0.539. The molecule has 0 bridgehead atoms. The van der Waals surface area contributed by atoms with E-state index in [4.69, 9.17) is 0 Å². The third-order valence-electron chi connectivity index (χ3n) is 2.78. The predicted molar refractivity (Wildman–Crippen MR) is 61.3 cm³/mol. The molecule has 80 valence electrons. The van der Waals surface area contributed by atoms with E-state index >= 15 is 0 Å². The van der Waals surface area contributed by atoms with E-state index in [1.54, 1.807) is 0 Å². The Labute approximate surface area is 90.6 Å². The highest BCUT2D eigenvalue weighted by Crippen LogP contribution is 2.16. The maximum atomic E-state index is 9.94. The van der Waals surface area contributed by atoms with Crippen LogP contribution >= 0.6 is 0 Å². The lowest BCUT2D eigenvalue weighted by Crippen LogP contribution is -2.33. The zero-order valence-electron chi connectivity index (χ0n) is 8.76. The topological polar surface area (TPSA) is 32.3 Å². The molecule has 0 saturated heterocycles. The van der Waals surface area contributed by atoms with Gasteiger partial charge in [0, 0.05) is 6.04 Å². The smallest absolute Gasteiger partial charge is 0.131 e. The van der Waals surface area contributed by atoms with Crippen LogP contribution in [0.4, 0.5) is 0 Å². The number of aliphatic hydroxyl groups is 1. The monoisotopic (exact) mass is 203 g/mol. The molecule has 2 heteroatoms. The molecule has 0 spiro atoms. The fourth-order valence-corrected chi connectivity index (χ4v) is 1.90. The summed E-state index contributed by atoms with van der Waals surface area (Å²) < 4.78 is 0. The van der Waals surface area contributed by atoms with E-state index < -0.39 is 6.23 Å². The molecule has 0 aromatic heterocycles. The second kappa shape index (κ2) is 5.10. The van der Waals surface area contributed by atoms with Gasteiger partial charge in [0.05, 0.1) is 0 Å². The zero-order valence-corrected chi connectivity index (χ0v) is 8.76. The molecule has 1 aliphatic rings. The van der Waals surface area contributed by atoms with Crippen molar-refractivity contribution in [2.45, 2.75) is 31.5 Å². The molecule has 1 aliphatic carbocycles. The molecule has 0 fully saturated rings. The number of allylic oxidation sites excluding steroid dienone is 1. The quantitative estimate of drug-likeness (QED) is 0.584. The van der Waals surface area contributed by atoms with Gasteiger partial charge >= 0.3 is 0 Å². The van der Waals surface area contributed by atoms with Crippen molar-refractivity contribution >= 4 is 0 Å². The minimum Gasteiger partial charge on any atom is -0.374 e. The molecular weight excluding hydrogens is 186 g/mol.